The first-order valence-corrected chi connectivity index (χ1v) is 8.76. The molecule has 24 heavy (non-hydrogen) atoms. The molecule has 0 bridgehead atoms. The van der Waals surface area contributed by atoms with Gasteiger partial charge in [-0.2, -0.15) is 0 Å². The number of hydrogen-bond acceptors (Lipinski definition) is 3. The Kier molecular flexibility index (Phi) is 5.64. The van der Waals surface area contributed by atoms with Crippen LogP contribution in [0.2, 0.25) is 0 Å². The van der Waals surface area contributed by atoms with Crippen molar-refractivity contribution in [3.05, 3.63) is 88.1 Å². The molecule has 3 aromatic rings. The zero-order chi connectivity index (χ0) is 16.6. The molecule has 0 aliphatic heterocycles. The molecule has 0 aliphatic carbocycles. The lowest BCUT2D eigenvalue weighted by Gasteiger charge is -2.08. The standard InChI is InChI=1S/C20H19NO2S/c22-20(21-13-12-19-7-4-14-24-19)17-10-8-16(9-11-17)15-23-18-5-2-1-3-6-18/h1-11,14H,12-13,15H2,(H,21,22). The van der Waals surface area contributed by atoms with Gasteiger partial charge in [-0.3, -0.25) is 4.79 Å². The number of hydrogen-bond donors (Lipinski definition) is 1. The monoisotopic (exact) mass is 337 g/mol. The highest BCUT2D eigenvalue weighted by Gasteiger charge is 2.05. The summed E-state index contributed by atoms with van der Waals surface area (Å²) in [6.07, 6.45) is 0.867. The molecule has 0 spiro atoms. The Morgan fingerprint density at radius 1 is 0.958 bits per heavy atom. The Labute approximate surface area is 145 Å². The van der Waals surface area contributed by atoms with Crippen LogP contribution in [0, 0.1) is 0 Å². The fourth-order valence-corrected chi connectivity index (χ4v) is 3.00. The predicted octanol–water partition coefficient (Wildman–Crippen LogP) is 4.30. The molecule has 0 radical (unpaired) electrons. The zero-order valence-corrected chi connectivity index (χ0v) is 14.1. The molecule has 0 unspecified atom stereocenters. The number of carbonyl (C=O) groups excluding carboxylic acids is 1. The van der Waals surface area contributed by atoms with Crippen molar-refractivity contribution in [3.63, 3.8) is 0 Å². The zero-order valence-electron chi connectivity index (χ0n) is 13.3. The van der Waals surface area contributed by atoms with Crippen LogP contribution in [-0.4, -0.2) is 12.5 Å². The quantitative estimate of drug-likeness (QED) is 0.698. The van der Waals surface area contributed by atoms with Gasteiger partial charge in [0.15, 0.2) is 0 Å². The Morgan fingerprint density at radius 3 is 2.46 bits per heavy atom. The van der Waals surface area contributed by atoms with Crippen LogP contribution in [0.25, 0.3) is 0 Å². The molecule has 122 valence electrons. The number of rotatable bonds is 7. The average molecular weight is 337 g/mol. The molecule has 0 saturated heterocycles. The van der Waals surface area contributed by atoms with E-state index in [-0.39, 0.29) is 5.91 Å². The summed E-state index contributed by atoms with van der Waals surface area (Å²) in [5.74, 6) is 0.801. The van der Waals surface area contributed by atoms with Crippen LogP contribution in [-0.2, 0) is 13.0 Å². The fraction of sp³-hybridized carbons (Fsp3) is 0.150. The van der Waals surface area contributed by atoms with E-state index >= 15 is 0 Å². The second kappa shape index (κ2) is 8.31. The van der Waals surface area contributed by atoms with Gasteiger partial charge in [-0.1, -0.05) is 36.4 Å². The lowest BCUT2D eigenvalue weighted by atomic mass is 10.1. The topological polar surface area (TPSA) is 38.3 Å². The molecule has 1 heterocycles. The number of ether oxygens (including phenoxy) is 1. The summed E-state index contributed by atoms with van der Waals surface area (Å²) in [4.78, 5) is 13.4. The second-order valence-corrected chi connectivity index (χ2v) is 6.42. The van der Waals surface area contributed by atoms with Crippen LogP contribution >= 0.6 is 11.3 Å². The van der Waals surface area contributed by atoms with E-state index in [0.29, 0.717) is 18.7 Å². The van der Waals surface area contributed by atoms with Gasteiger partial charge in [-0.25, -0.2) is 0 Å². The first-order chi connectivity index (χ1) is 11.8. The summed E-state index contributed by atoms with van der Waals surface area (Å²) in [6.45, 7) is 1.14. The Hall–Kier alpha value is -2.59. The van der Waals surface area contributed by atoms with Crippen molar-refractivity contribution < 1.29 is 9.53 Å². The van der Waals surface area contributed by atoms with Crippen LogP contribution in [0.5, 0.6) is 5.75 Å². The third-order valence-electron chi connectivity index (χ3n) is 3.60. The van der Waals surface area contributed by atoms with E-state index in [1.807, 2.05) is 66.0 Å². The first-order valence-electron chi connectivity index (χ1n) is 7.88. The third kappa shape index (κ3) is 4.70. The van der Waals surface area contributed by atoms with Gasteiger partial charge in [0.1, 0.15) is 12.4 Å². The van der Waals surface area contributed by atoms with E-state index in [1.54, 1.807) is 11.3 Å². The van der Waals surface area contributed by atoms with Gasteiger partial charge < -0.3 is 10.1 Å². The maximum absolute atomic E-state index is 12.1. The molecule has 0 aliphatic rings. The van der Waals surface area contributed by atoms with Crippen LogP contribution in [0.4, 0.5) is 0 Å². The largest absolute Gasteiger partial charge is 0.489 e. The van der Waals surface area contributed by atoms with E-state index < -0.39 is 0 Å². The molecule has 0 fully saturated rings. The Morgan fingerprint density at radius 2 is 1.75 bits per heavy atom. The van der Waals surface area contributed by atoms with Crippen LogP contribution < -0.4 is 10.1 Å². The van der Waals surface area contributed by atoms with Gasteiger partial charge >= 0.3 is 0 Å². The molecule has 4 heteroatoms. The highest BCUT2D eigenvalue weighted by molar-refractivity contribution is 7.09. The summed E-state index contributed by atoms with van der Waals surface area (Å²) in [5.41, 5.74) is 1.71. The number of thiophene rings is 1. The van der Waals surface area contributed by atoms with Gasteiger partial charge in [-0.15, -0.1) is 11.3 Å². The fourth-order valence-electron chi connectivity index (χ4n) is 2.29. The van der Waals surface area contributed by atoms with Crippen LogP contribution in [0.3, 0.4) is 0 Å². The average Bonchev–Trinajstić information content (AvgIpc) is 3.15. The number of nitrogens with one attached hydrogen (secondary N) is 1. The normalized spacial score (nSPS) is 10.3. The summed E-state index contributed by atoms with van der Waals surface area (Å²) >= 11 is 1.71. The summed E-state index contributed by atoms with van der Waals surface area (Å²) in [7, 11) is 0. The highest BCUT2D eigenvalue weighted by Crippen LogP contribution is 2.12. The number of carbonyl (C=O) groups is 1. The Balaban J connectivity index is 1.47. The first kappa shape index (κ1) is 16.3. The molecule has 1 N–H and O–H groups in total. The van der Waals surface area contributed by atoms with Crippen LogP contribution in [0.1, 0.15) is 20.8 Å². The van der Waals surface area contributed by atoms with Gasteiger partial charge in [0.05, 0.1) is 0 Å². The second-order valence-electron chi connectivity index (χ2n) is 5.38. The molecule has 2 aromatic carbocycles. The lowest BCUT2D eigenvalue weighted by molar-refractivity contribution is 0.0954. The van der Waals surface area contributed by atoms with Crippen molar-refractivity contribution >= 4 is 17.2 Å². The minimum atomic E-state index is -0.0397. The Bertz CT molecular complexity index is 752. The van der Waals surface area contributed by atoms with Crippen molar-refractivity contribution in [2.45, 2.75) is 13.0 Å². The number of para-hydroxylation sites is 1. The third-order valence-corrected chi connectivity index (χ3v) is 4.54. The lowest BCUT2D eigenvalue weighted by Crippen LogP contribution is -2.25. The van der Waals surface area contributed by atoms with E-state index in [4.69, 9.17) is 4.74 Å². The van der Waals surface area contributed by atoms with Crippen molar-refractivity contribution in [2.75, 3.05) is 6.54 Å². The predicted molar refractivity (Wildman–Crippen MR) is 97.6 cm³/mol. The van der Waals surface area contributed by atoms with E-state index in [9.17, 15) is 4.79 Å². The van der Waals surface area contributed by atoms with E-state index in [2.05, 4.69) is 11.4 Å². The van der Waals surface area contributed by atoms with Gasteiger partial charge in [0.25, 0.3) is 5.91 Å². The molecule has 3 nitrogen and oxygen atoms in total. The van der Waals surface area contributed by atoms with Crippen LogP contribution in [0.15, 0.2) is 72.1 Å². The van der Waals surface area contributed by atoms with Crippen molar-refractivity contribution in [3.8, 4) is 5.75 Å². The number of amides is 1. The minimum Gasteiger partial charge on any atom is -0.489 e. The number of benzene rings is 2. The van der Waals surface area contributed by atoms with Crippen molar-refractivity contribution in [1.29, 1.82) is 0 Å². The van der Waals surface area contributed by atoms with Crippen molar-refractivity contribution in [2.24, 2.45) is 0 Å². The smallest absolute Gasteiger partial charge is 0.251 e. The minimum absolute atomic E-state index is 0.0397. The molecule has 0 atom stereocenters. The molecular formula is C20H19NO2S. The highest BCUT2D eigenvalue weighted by atomic mass is 32.1. The summed E-state index contributed by atoms with van der Waals surface area (Å²) < 4.78 is 5.70. The molecular weight excluding hydrogens is 318 g/mol. The van der Waals surface area contributed by atoms with Gasteiger partial charge in [0, 0.05) is 17.0 Å². The maximum atomic E-state index is 12.1. The summed E-state index contributed by atoms with van der Waals surface area (Å²) in [5, 5.41) is 5.00. The molecule has 1 aromatic heterocycles. The molecule has 0 saturated carbocycles. The SMILES string of the molecule is O=C(NCCc1cccs1)c1ccc(COc2ccccc2)cc1. The van der Waals surface area contributed by atoms with Crippen molar-refractivity contribution in [1.82, 2.24) is 5.32 Å². The van der Waals surface area contributed by atoms with Gasteiger partial charge in [-0.05, 0) is 47.7 Å². The summed E-state index contributed by atoms with van der Waals surface area (Å²) in [6, 6.07) is 21.3. The maximum Gasteiger partial charge on any atom is 0.251 e. The molecule has 3 rings (SSSR count). The van der Waals surface area contributed by atoms with Gasteiger partial charge in [0.2, 0.25) is 0 Å². The van der Waals surface area contributed by atoms with E-state index in [0.717, 1.165) is 17.7 Å². The molecule has 1 amide bonds. The van der Waals surface area contributed by atoms with E-state index in [1.165, 1.54) is 4.88 Å².